The van der Waals surface area contributed by atoms with Crippen molar-refractivity contribution in [2.45, 2.75) is 47.1 Å². The average molecular weight is 375 g/mol. The third-order valence-electron chi connectivity index (χ3n) is 6.32. The van der Waals surface area contributed by atoms with Crippen molar-refractivity contribution in [3.8, 4) is 0 Å². The van der Waals surface area contributed by atoms with Gasteiger partial charge in [0, 0.05) is 5.41 Å². The summed E-state index contributed by atoms with van der Waals surface area (Å²) in [4.78, 5) is 3.18. The van der Waals surface area contributed by atoms with Gasteiger partial charge in [-0.15, -0.1) is 0 Å². The second-order valence-electron chi connectivity index (χ2n) is 8.93. The summed E-state index contributed by atoms with van der Waals surface area (Å²) in [5.74, 6) is 0. The molecule has 0 amide bonds. The highest BCUT2D eigenvalue weighted by Crippen LogP contribution is 2.66. The van der Waals surface area contributed by atoms with Crippen LogP contribution in [-0.2, 0) is 5.41 Å². The van der Waals surface area contributed by atoms with Crippen molar-refractivity contribution in [1.82, 2.24) is 0 Å². The number of hydrogen-bond acceptors (Lipinski definition) is 0. The summed E-state index contributed by atoms with van der Waals surface area (Å²) in [6.07, 6.45) is 14.8. The van der Waals surface area contributed by atoms with E-state index >= 15 is 0 Å². The summed E-state index contributed by atoms with van der Waals surface area (Å²) in [5.41, 5.74) is 3.28. The van der Waals surface area contributed by atoms with Gasteiger partial charge in [-0.3, -0.25) is 0 Å². The molecule has 0 saturated carbocycles. The molecule has 1 aliphatic rings. The zero-order valence-corrected chi connectivity index (χ0v) is 18.6. The van der Waals surface area contributed by atoms with Gasteiger partial charge in [0.15, 0.2) is 0 Å². The van der Waals surface area contributed by atoms with E-state index in [-0.39, 0.29) is 5.41 Å². The van der Waals surface area contributed by atoms with Gasteiger partial charge in [0.05, 0.1) is 0 Å². The molecule has 0 aliphatic carbocycles. The maximum Gasteiger partial charge on any atom is 0.0196 e. The van der Waals surface area contributed by atoms with Gasteiger partial charge in [0.25, 0.3) is 0 Å². The summed E-state index contributed by atoms with van der Waals surface area (Å²) >= 11 is 0. The van der Waals surface area contributed by atoms with Gasteiger partial charge < -0.3 is 0 Å². The van der Waals surface area contributed by atoms with Crippen molar-refractivity contribution in [2.75, 3.05) is 31.3 Å². The molecule has 0 fully saturated rings. The first-order valence-electron chi connectivity index (χ1n) is 9.18. The third kappa shape index (κ3) is 3.17. The van der Waals surface area contributed by atoms with Crippen LogP contribution in [-0.4, -0.2) is 36.5 Å². The molecule has 138 valence electrons. The lowest BCUT2D eigenvalue weighted by Crippen LogP contribution is -2.32. The normalized spacial score (nSPS) is 20.9. The van der Waals surface area contributed by atoms with Gasteiger partial charge in [-0.1, -0.05) is 50.2 Å². The maximum atomic E-state index is 2.49. The number of hydrogen-bond donors (Lipinski definition) is 0. The highest BCUT2D eigenvalue weighted by molar-refractivity contribution is 8.33. The average Bonchev–Trinajstić information content (AvgIpc) is 2.57. The van der Waals surface area contributed by atoms with Crippen molar-refractivity contribution < 1.29 is 0 Å². The fraction of sp³-hybridized carbons (Fsp3) is 0.478. The van der Waals surface area contributed by atoms with Crippen LogP contribution in [0.1, 0.15) is 37.8 Å². The van der Waals surface area contributed by atoms with E-state index in [0.717, 1.165) is 5.25 Å². The molecule has 25 heavy (non-hydrogen) atoms. The summed E-state index contributed by atoms with van der Waals surface area (Å²) in [5, 5.41) is 0.797. The standard InChI is InChI=1S/C23H34S2/c1-18(24(3,4)5)16-17-23(2)19-12-8-10-14-21(19)25(6,7)22-15-11-9-13-20(22)23/h8-15,18H,16-17H2,1-7H3. The minimum Gasteiger partial charge on any atom is -0.247 e. The molecule has 1 unspecified atom stereocenters. The molecular formula is C23H34S2. The Labute approximate surface area is 158 Å². The maximum absolute atomic E-state index is 2.49. The van der Waals surface area contributed by atoms with E-state index in [4.69, 9.17) is 0 Å². The molecule has 1 aliphatic heterocycles. The van der Waals surface area contributed by atoms with Crippen molar-refractivity contribution in [3.05, 3.63) is 59.7 Å². The van der Waals surface area contributed by atoms with Crippen LogP contribution in [0.3, 0.4) is 0 Å². The number of fused-ring (bicyclic) bond motifs is 2. The van der Waals surface area contributed by atoms with Crippen LogP contribution in [0.2, 0.25) is 0 Å². The number of rotatable bonds is 4. The summed E-state index contributed by atoms with van der Waals surface area (Å²) in [6, 6.07) is 18.5. The number of benzene rings is 2. The molecule has 0 spiro atoms. The SMILES string of the molecule is CC(CCC1(C)c2ccccc2S(C)(C)c2ccccc21)S(C)(C)C. The fourth-order valence-corrected chi connectivity index (χ4v) is 7.70. The summed E-state index contributed by atoms with van der Waals surface area (Å²) in [7, 11) is -1.44. The van der Waals surface area contributed by atoms with Gasteiger partial charge in [0.1, 0.15) is 0 Å². The molecule has 3 rings (SSSR count). The highest BCUT2D eigenvalue weighted by atomic mass is 32.3. The topological polar surface area (TPSA) is 0 Å². The second-order valence-corrected chi connectivity index (χ2v) is 17.1. The van der Waals surface area contributed by atoms with E-state index in [2.05, 4.69) is 93.7 Å². The monoisotopic (exact) mass is 374 g/mol. The van der Waals surface area contributed by atoms with Crippen LogP contribution >= 0.6 is 20.1 Å². The van der Waals surface area contributed by atoms with Crippen LogP contribution in [0.5, 0.6) is 0 Å². The summed E-state index contributed by atoms with van der Waals surface area (Å²) < 4.78 is 0. The Bertz CT molecular complexity index is 718. The van der Waals surface area contributed by atoms with Crippen LogP contribution in [0.25, 0.3) is 0 Å². The minimum absolute atomic E-state index is 0.134. The molecule has 2 aromatic rings. The quantitative estimate of drug-likeness (QED) is 0.562. The molecule has 1 atom stereocenters. The van der Waals surface area contributed by atoms with Crippen molar-refractivity contribution in [2.24, 2.45) is 0 Å². The Morgan fingerprint density at radius 1 is 0.880 bits per heavy atom. The van der Waals surface area contributed by atoms with Crippen molar-refractivity contribution in [1.29, 1.82) is 0 Å². The molecule has 1 heterocycles. The molecular weight excluding hydrogens is 340 g/mol. The Hall–Kier alpha value is -0.860. The Kier molecular flexibility index (Phi) is 4.83. The van der Waals surface area contributed by atoms with Gasteiger partial charge in [-0.25, -0.2) is 10.0 Å². The lowest BCUT2D eigenvalue weighted by atomic mass is 9.72. The van der Waals surface area contributed by atoms with Crippen LogP contribution in [0.4, 0.5) is 0 Å². The Morgan fingerprint density at radius 3 is 1.76 bits per heavy atom. The minimum atomic E-state index is -0.934. The third-order valence-corrected chi connectivity index (χ3v) is 11.9. The fourth-order valence-electron chi connectivity index (χ4n) is 4.11. The molecule has 0 bridgehead atoms. The molecule has 2 aromatic carbocycles. The molecule has 0 N–H and O–H groups in total. The molecule has 2 heteroatoms. The van der Waals surface area contributed by atoms with Gasteiger partial charge in [-0.05, 0) is 82.4 Å². The van der Waals surface area contributed by atoms with Gasteiger partial charge in [0.2, 0.25) is 0 Å². The van der Waals surface area contributed by atoms with E-state index in [1.54, 1.807) is 20.9 Å². The van der Waals surface area contributed by atoms with E-state index < -0.39 is 20.1 Å². The van der Waals surface area contributed by atoms with Gasteiger partial charge >= 0.3 is 0 Å². The smallest absolute Gasteiger partial charge is 0.0196 e. The van der Waals surface area contributed by atoms with E-state index in [0.29, 0.717) is 0 Å². The Morgan fingerprint density at radius 2 is 1.32 bits per heavy atom. The lowest BCUT2D eigenvalue weighted by molar-refractivity contribution is 0.476. The lowest BCUT2D eigenvalue weighted by Gasteiger charge is -2.49. The first-order chi connectivity index (χ1) is 11.6. The van der Waals surface area contributed by atoms with E-state index in [1.807, 2.05) is 0 Å². The van der Waals surface area contributed by atoms with E-state index in [9.17, 15) is 0 Å². The predicted octanol–water partition coefficient (Wildman–Crippen LogP) is 6.65. The zero-order valence-electron chi connectivity index (χ0n) is 16.9. The van der Waals surface area contributed by atoms with Crippen LogP contribution in [0, 0.1) is 0 Å². The van der Waals surface area contributed by atoms with E-state index in [1.165, 1.54) is 12.8 Å². The van der Waals surface area contributed by atoms with Crippen molar-refractivity contribution in [3.63, 3.8) is 0 Å². The highest BCUT2D eigenvalue weighted by Gasteiger charge is 2.41. The summed E-state index contributed by atoms with van der Waals surface area (Å²) in [6.45, 7) is 4.94. The first kappa shape index (κ1) is 18.9. The van der Waals surface area contributed by atoms with Crippen LogP contribution < -0.4 is 0 Å². The second kappa shape index (κ2) is 6.39. The first-order valence-corrected chi connectivity index (χ1v) is 14.5. The predicted molar refractivity (Wildman–Crippen MR) is 119 cm³/mol. The zero-order chi connectivity index (χ0) is 18.5. The largest absolute Gasteiger partial charge is 0.247 e. The molecule has 0 radical (unpaired) electrons. The van der Waals surface area contributed by atoms with Crippen molar-refractivity contribution >= 4 is 20.1 Å². The van der Waals surface area contributed by atoms with Gasteiger partial charge in [-0.2, -0.15) is 10.0 Å². The molecule has 0 nitrogen and oxygen atoms in total. The molecule has 0 aromatic heterocycles. The Balaban J connectivity index is 2.11. The molecule has 0 saturated heterocycles. The van der Waals surface area contributed by atoms with Crippen LogP contribution in [0.15, 0.2) is 58.3 Å².